The first-order chi connectivity index (χ1) is 7.02. The van der Waals surface area contributed by atoms with Gasteiger partial charge in [0.1, 0.15) is 5.75 Å². The van der Waals surface area contributed by atoms with Crippen LogP contribution in [-0.2, 0) is 4.79 Å². The van der Waals surface area contributed by atoms with Crippen LogP contribution in [0.1, 0.15) is 0 Å². The van der Waals surface area contributed by atoms with Gasteiger partial charge in [-0.1, -0.05) is 34.1 Å². The molecule has 0 saturated heterocycles. The second-order valence-electron chi connectivity index (χ2n) is 2.74. The standard InChI is InChI=1S/C10H9BrClNO2/c1-6(12)10(14)13-8-3-7(11)4-9(5-8)15-2/h3-5H,1H2,2H3,(H,13,14). The van der Waals surface area contributed by atoms with E-state index in [1.165, 1.54) is 0 Å². The molecule has 0 fully saturated rings. The SMILES string of the molecule is C=C(Cl)C(=O)Nc1cc(Br)cc(OC)c1. The lowest BCUT2D eigenvalue weighted by Crippen LogP contribution is -2.10. The summed E-state index contributed by atoms with van der Waals surface area (Å²) < 4.78 is 5.84. The van der Waals surface area contributed by atoms with Crippen LogP contribution in [0.2, 0.25) is 0 Å². The Morgan fingerprint density at radius 3 is 2.73 bits per heavy atom. The predicted molar refractivity (Wildman–Crippen MR) is 64.3 cm³/mol. The van der Waals surface area contributed by atoms with Gasteiger partial charge in [-0.3, -0.25) is 4.79 Å². The van der Waals surface area contributed by atoms with E-state index in [0.717, 1.165) is 4.47 Å². The van der Waals surface area contributed by atoms with Crippen molar-refractivity contribution in [3.05, 3.63) is 34.3 Å². The minimum atomic E-state index is -0.434. The maximum absolute atomic E-state index is 11.2. The summed E-state index contributed by atoms with van der Waals surface area (Å²) in [5.41, 5.74) is 0.591. The Morgan fingerprint density at radius 2 is 2.20 bits per heavy atom. The third kappa shape index (κ3) is 3.57. The van der Waals surface area contributed by atoms with Crippen LogP contribution in [0, 0.1) is 0 Å². The van der Waals surface area contributed by atoms with Crippen LogP contribution in [-0.4, -0.2) is 13.0 Å². The van der Waals surface area contributed by atoms with Crippen molar-refractivity contribution in [2.24, 2.45) is 0 Å². The fourth-order valence-corrected chi connectivity index (χ4v) is 1.47. The highest BCUT2D eigenvalue weighted by molar-refractivity contribution is 9.10. The number of carbonyl (C=O) groups is 1. The zero-order valence-corrected chi connectivity index (χ0v) is 10.4. The van der Waals surface area contributed by atoms with E-state index in [1.807, 2.05) is 0 Å². The van der Waals surface area contributed by atoms with E-state index >= 15 is 0 Å². The number of hydrogen-bond donors (Lipinski definition) is 1. The molecule has 5 heteroatoms. The van der Waals surface area contributed by atoms with Crippen LogP contribution < -0.4 is 10.1 Å². The molecule has 80 valence electrons. The molecule has 3 nitrogen and oxygen atoms in total. The summed E-state index contributed by atoms with van der Waals surface area (Å²) in [6.07, 6.45) is 0. The van der Waals surface area contributed by atoms with Crippen LogP contribution in [0.5, 0.6) is 5.75 Å². The molecule has 0 unspecified atom stereocenters. The number of nitrogens with one attached hydrogen (secondary N) is 1. The van der Waals surface area contributed by atoms with E-state index in [9.17, 15) is 4.79 Å². The van der Waals surface area contributed by atoms with Gasteiger partial charge in [-0.05, 0) is 12.1 Å². The molecule has 0 spiro atoms. The van der Waals surface area contributed by atoms with Gasteiger partial charge in [-0.2, -0.15) is 0 Å². The van der Waals surface area contributed by atoms with Crippen molar-refractivity contribution in [2.75, 3.05) is 12.4 Å². The van der Waals surface area contributed by atoms with E-state index in [-0.39, 0.29) is 5.03 Å². The molecule has 1 aromatic carbocycles. The molecule has 0 aliphatic heterocycles. The van der Waals surface area contributed by atoms with Crippen LogP contribution in [0.15, 0.2) is 34.3 Å². The molecular formula is C10H9BrClNO2. The average Bonchev–Trinajstić information content (AvgIpc) is 2.16. The Morgan fingerprint density at radius 1 is 1.53 bits per heavy atom. The first-order valence-electron chi connectivity index (χ1n) is 4.03. The van der Waals surface area contributed by atoms with Gasteiger partial charge in [0.25, 0.3) is 5.91 Å². The predicted octanol–water partition coefficient (Wildman–Crippen LogP) is 3.15. The second-order valence-corrected chi connectivity index (χ2v) is 4.11. The van der Waals surface area contributed by atoms with Crippen molar-refractivity contribution < 1.29 is 9.53 Å². The van der Waals surface area contributed by atoms with E-state index in [0.29, 0.717) is 11.4 Å². The number of anilines is 1. The molecule has 0 atom stereocenters. The highest BCUT2D eigenvalue weighted by atomic mass is 79.9. The summed E-state index contributed by atoms with van der Waals surface area (Å²) >= 11 is 8.74. The molecule has 15 heavy (non-hydrogen) atoms. The Labute approximate surface area is 101 Å². The fraction of sp³-hybridized carbons (Fsp3) is 0.100. The topological polar surface area (TPSA) is 38.3 Å². The summed E-state index contributed by atoms with van der Waals surface area (Å²) in [5, 5.41) is 2.52. The van der Waals surface area contributed by atoms with Gasteiger partial charge < -0.3 is 10.1 Å². The molecular weight excluding hydrogens is 281 g/mol. The molecule has 1 rings (SSSR count). The van der Waals surface area contributed by atoms with E-state index < -0.39 is 5.91 Å². The number of rotatable bonds is 3. The Bertz CT molecular complexity index is 406. The molecule has 0 radical (unpaired) electrons. The van der Waals surface area contributed by atoms with Crippen LogP contribution in [0.25, 0.3) is 0 Å². The normalized spacial score (nSPS) is 9.53. The zero-order chi connectivity index (χ0) is 11.4. The number of carbonyl (C=O) groups excluding carboxylic acids is 1. The highest BCUT2D eigenvalue weighted by Crippen LogP contribution is 2.24. The van der Waals surface area contributed by atoms with Crippen molar-refractivity contribution in [1.82, 2.24) is 0 Å². The molecule has 0 saturated carbocycles. The monoisotopic (exact) mass is 289 g/mol. The molecule has 1 aromatic rings. The van der Waals surface area contributed by atoms with Crippen molar-refractivity contribution in [2.45, 2.75) is 0 Å². The van der Waals surface area contributed by atoms with Crippen molar-refractivity contribution >= 4 is 39.1 Å². The zero-order valence-electron chi connectivity index (χ0n) is 8.01. The number of hydrogen-bond acceptors (Lipinski definition) is 2. The number of amides is 1. The fourth-order valence-electron chi connectivity index (χ4n) is 0.952. The summed E-state index contributed by atoms with van der Waals surface area (Å²) in [4.78, 5) is 11.2. The van der Waals surface area contributed by atoms with Crippen LogP contribution in [0.4, 0.5) is 5.69 Å². The molecule has 0 aliphatic carbocycles. The summed E-state index contributed by atoms with van der Waals surface area (Å²) in [7, 11) is 1.55. The lowest BCUT2D eigenvalue weighted by atomic mass is 10.3. The Hall–Kier alpha value is -1.00. The minimum Gasteiger partial charge on any atom is -0.497 e. The molecule has 0 aromatic heterocycles. The highest BCUT2D eigenvalue weighted by Gasteiger charge is 2.06. The maximum Gasteiger partial charge on any atom is 0.266 e. The van der Waals surface area contributed by atoms with Crippen molar-refractivity contribution in [3.63, 3.8) is 0 Å². The third-order valence-corrected chi connectivity index (χ3v) is 2.24. The van der Waals surface area contributed by atoms with Crippen molar-refractivity contribution in [3.8, 4) is 5.75 Å². The number of methoxy groups -OCH3 is 1. The van der Waals surface area contributed by atoms with Gasteiger partial charge in [-0.15, -0.1) is 0 Å². The smallest absolute Gasteiger partial charge is 0.266 e. The van der Waals surface area contributed by atoms with E-state index in [4.69, 9.17) is 16.3 Å². The second kappa shape index (κ2) is 5.19. The van der Waals surface area contributed by atoms with E-state index in [1.54, 1.807) is 25.3 Å². The quantitative estimate of drug-likeness (QED) is 0.869. The van der Waals surface area contributed by atoms with Gasteiger partial charge in [0, 0.05) is 16.2 Å². The number of ether oxygens (including phenoxy) is 1. The van der Waals surface area contributed by atoms with Gasteiger partial charge >= 0.3 is 0 Å². The van der Waals surface area contributed by atoms with E-state index in [2.05, 4.69) is 27.8 Å². The van der Waals surface area contributed by atoms with Gasteiger partial charge in [-0.25, -0.2) is 0 Å². The summed E-state index contributed by atoms with van der Waals surface area (Å²) in [5.74, 6) is 0.205. The largest absolute Gasteiger partial charge is 0.497 e. The van der Waals surface area contributed by atoms with Crippen molar-refractivity contribution in [1.29, 1.82) is 0 Å². The molecule has 1 amide bonds. The summed E-state index contributed by atoms with van der Waals surface area (Å²) in [6, 6.07) is 5.20. The number of halogens is 2. The maximum atomic E-state index is 11.2. The first-order valence-corrected chi connectivity index (χ1v) is 5.20. The summed E-state index contributed by atoms with van der Waals surface area (Å²) in [6.45, 7) is 3.33. The van der Waals surface area contributed by atoms with Gasteiger partial charge in [0.15, 0.2) is 0 Å². The lowest BCUT2D eigenvalue weighted by Gasteiger charge is -2.07. The molecule has 0 bridgehead atoms. The lowest BCUT2D eigenvalue weighted by molar-refractivity contribution is -0.112. The first kappa shape index (κ1) is 12.1. The van der Waals surface area contributed by atoms with Crippen LogP contribution >= 0.6 is 27.5 Å². The van der Waals surface area contributed by atoms with Crippen LogP contribution in [0.3, 0.4) is 0 Å². The average molecular weight is 291 g/mol. The molecule has 1 N–H and O–H groups in total. The molecule has 0 aliphatic rings. The third-order valence-electron chi connectivity index (χ3n) is 1.61. The van der Waals surface area contributed by atoms with Gasteiger partial charge in [0.05, 0.1) is 12.1 Å². The Kier molecular flexibility index (Phi) is 4.17. The minimum absolute atomic E-state index is 0.0612. The Balaban J connectivity index is 2.90. The number of benzene rings is 1. The van der Waals surface area contributed by atoms with Gasteiger partial charge in [0.2, 0.25) is 0 Å². The molecule has 0 heterocycles.